The van der Waals surface area contributed by atoms with Gasteiger partial charge in [-0.05, 0) is 43.9 Å². The van der Waals surface area contributed by atoms with Gasteiger partial charge in [0, 0.05) is 42.8 Å². The van der Waals surface area contributed by atoms with E-state index in [-0.39, 0.29) is 48.9 Å². The second kappa shape index (κ2) is 9.97. The summed E-state index contributed by atoms with van der Waals surface area (Å²) in [4.78, 5) is 24.8. The predicted molar refractivity (Wildman–Crippen MR) is 114 cm³/mol. The van der Waals surface area contributed by atoms with Crippen LogP contribution in [0.5, 0.6) is 5.75 Å². The van der Waals surface area contributed by atoms with Crippen LogP contribution in [-0.4, -0.2) is 61.6 Å². The summed E-state index contributed by atoms with van der Waals surface area (Å²) in [7, 11) is 0. The molecule has 8 heteroatoms. The van der Waals surface area contributed by atoms with Crippen LogP contribution < -0.4 is 15.4 Å². The summed E-state index contributed by atoms with van der Waals surface area (Å²) in [6.07, 6.45) is 2.17. The molecular weight excluding hydrogens is 400 g/mol. The number of benzene rings is 1. The number of amides is 2. The number of hydrogen-bond acceptors (Lipinski definition) is 6. The Morgan fingerprint density at radius 3 is 2.77 bits per heavy atom. The molecule has 0 spiro atoms. The van der Waals surface area contributed by atoms with E-state index in [9.17, 15) is 14.7 Å². The summed E-state index contributed by atoms with van der Waals surface area (Å²) in [6.45, 7) is 3.72. The number of fused-ring (bicyclic) bond motifs is 3. The van der Waals surface area contributed by atoms with Crippen LogP contribution >= 0.6 is 0 Å². The fourth-order valence-electron chi connectivity index (χ4n) is 4.71. The van der Waals surface area contributed by atoms with Gasteiger partial charge in [-0.1, -0.05) is 6.92 Å². The van der Waals surface area contributed by atoms with Crippen LogP contribution in [-0.2, 0) is 19.1 Å². The molecule has 4 atom stereocenters. The highest BCUT2D eigenvalue weighted by atomic mass is 16.6. The minimum absolute atomic E-state index is 0.00445. The molecule has 2 fully saturated rings. The molecule has 170 valence electrons. The average molecular weight is 433 g/mol. The van der Waals surface area contributed by atoms with Gasteiger partial charge in [-0.3, -0.25) is 9.59 Å². The number of rotatable bonds is 7. The van der Waals surface area contributed by atoms with Gasteiger partial charge in [-0.2, -0.15) is 0 Å². The molecule has 0 unspecified atom stereocenters. The number of carbonyl (C=O) groups is 2. The van der Waals surface area contributed by atoms with Crippen molar-refractivity contribution in [3.63, 3.8) is 0 Å². The molecule has 0 aromatic heterocycles. The first-order valence-electron chi connectivity index (χ1n) is 11.3. The van der Waals surface area contributed by atoms with Gasteiger partial charge < -0.3 is 30.0 Å². The van der Waals surface area contributed by atoms with Crippen LogP contribution in [0.3, 0.4) is 0 Å². The SMILES string of the molecule is CCCNC(=O)C[C@H]1C[C@H]2c3cc(NC(=O)C4CCOCC4)ccc3O[C@H]2[C@H](CO)O1. The molecule has 2 saturated heterocycles. The van der Waals surface area contributed by atoms with Crippen LogP contribution in [0.25, 0.3) is 0 Å². The Bertz CT molecular complexity index is 794. The first-order chi connectivity index (χ1) is 15.1. The Balaban J connectivity index is 1.46. The number of nitrogens with one attached hydrogen (secondary N) is 2. The third-order valence-electron chi connectivity index (χ3n) is 6.34. The molecule has 3 N–H and O–H groups in total. The lowest BCUT2D eigenvalue weighted by Crippen LogP contribution is -2.47. The second-order valence-corrected chi connectivity index (χ2v) is 8.59. The molecule has 1 aromatic carbocycles. The van der Waals surface area contributed by atoms with Crippen molar-refractivity contribution in [3.05, 3.63) is 23.8 Å². The van der Waals surface area contributed by atoms with Gasteiger partial charge in [0.1, 0.15) is 18.0 Å². The molecule has 0 saturated carbocycles. The molecule has 1 aromatic rings. The predicted octanol–water partition coefficient (Wildman–Crippen LogP) is 1.96. The lowest BCUT2D eigenvalue weighted by atomic mass is 9.84. The molecule has 0 bridgehead atoms. The van der Waals surface area contributed by atoms with E-state index in [0.717, 1.165) is 36.3 Å². The minimum Gasteiger partial charge on any atom is -0.487 e. The molecule has 4 rings (SSSR count). The van der Waals surface area contributed by atoms with Crippen LogP contribution in [0.1, 0.15) is 50.5 Å². The summed E-state index contributed by atoms with van der Waals surface area (Å²) in [5.41, 5.74) is 1.74. The highest BCUT2D eigenvalue weighted by Gasteiger charge is 2.46. The number of aliphatic hydroxyl groups excluding tert-OH is 1. The van der Waals surface area contributed by atoms with Gasteiger partial charge in [0.25, 0.3) is 0 Å². The maximum atomic E-state index is 12.6. The van der Waals surface area contributed by atoms with Crippen molar-refractivity contribution in [3.8, 4) is 5.75 Å². The van der Waals surface area contributed by atoms with Crippen molar-refractivity contribution >= 4 is 17.5 Å². The lowest BCUT2D eigenvalue weighted by Gasteiger charge is -2.37. The summed E-state index contributed by atoms with van der Waals surface area (Å²) in [5, 5.41) is 15.8. The minimum atomic E-state index is -0.490. The van der Waals surface area contributed by atoms with Crippen LogP contribution in [0, 0.1) is 5.92 Å². The summed E-state index contributed by atoms with van der Waals surface area (Å²) in [5.74, 6) is 0.698. The van der Waals surface area contributed by atoms with E-state index in [1.54, 1.807) is 0 Å². The maximum absolute atomic E-state index is 12.6. The van der Waals surface area contributed by atoms with E-state index >= 15 is 0 Å². The molecule has 3 aliphatic rings. The Kier molecular flexibility index (Phi) is 7.09. The zero-order chi connectivity index (χ0) is 21.8. The standard InChI is InChI=1S/C23H32N2O6/c1-2-7-24-21(27)12-16-11-18-17-10-15(25-23(28)14-5-8-29-9-6-14)3-4-19(17)31-22(18)20(13-26)30-16/h3-4,10,14,16,18,20,22,26H,2,5-9,11-13H2,1H3,(H,24,27)(H,25,28)/t16-,18+,20+,22-/m1/s1. The molecule has 31 heavy (non-hydrogen) atoms. The van der Waals surface area contributed by atoms with E-state index in [0.29, 0.717) is 26.2 Å². The van der Waals surface area contributed by atoms with Crippen molar-refractivity contribution in [1.29, 1.82) is 0 Å². The average Bonchev–Trinajstić information content (AvgIpc) is 3.15. The number of ether oxygens (including phenoxy) is 3. The summed E-state index contributed by atoms with van der Waals surface area (Å²) in [6, 6.07) is 5.67. The molecule has 3 aliphatic heterocycles. The van der Waals surface area contributed by atoms with Crippen molar-refractivity contribution in [2.24, 2.45) is 5.92 Å². The van der Waals surface area contributed by atoms with E-state index in [1.165, 1.54) is 0 Å². The fraction of sp³-hybridized carbons (Fsp3) is 0.652. The topological polar surface area (TPSA) is 106 Å². The van der Waals surface area contributed by atoms with Crippen LogP contribution in [0.15, 0.2) is 18.2 Å². The maximum Gasteiger partial charge on any atom is 0.227 e. The van der Waals surface area contributed by atoms with E-state index in [2.05, 4.69) is 10.6 Å². The van der Waals surface area contributed by atoms with Crippen molar-refractivity contribution in [1.82, 2.24) is 5.32 Å². The Morgan fingerprint density at radius 1 is 1.23 bits per heavy atom. The Hall–Kier alpha value is -2.16. The highest BCUT2D eigenvalue weighted by molar-refractivity contribution is 5.92. The van der Waals surface area contributed by atoms with Gasteiger partial charge in [-0.25, -0.2) is 0 Å². The molecule has 3 heterocycles. The van der Waals surface area contributed by atoms with Gasteiger partial charge in [0.15, 0.2) is 0 Å². The third-order valence-corrected chi connectivity index (χ3v) is 6.34. The van der Waals surface area contributed by atoms with Gasteiger partial charge in [0.2, 0.25) is 11.8 Å². The fourth-order valence-corrected chi connectivity index (χ4v) is 4.71. The molecule has 8 nitrogen and oxygen atoms in total. The van der Waals surface area contributed by atoms with E-state index in [1.807, 2.05) is 25.1 Å². The Labute approximate surface area is 182 Å². The van der Waals surface area contributed by atoms with E-state index in [4.69, 9.17) is 14.2 Å². The first-order valence-corrected chi connectivity index (χ1v) is 11.3. The Morgan fingerprint density at radius 2 is 2.03 bits per heavy atom. The largest absolute Gasteiger partial charge is 0.487 e. The lowest BCUT2D eigenvalue weighted by molar-refractivity contribution is -0.142. The van der Waals surface area contributed by atoms with Crippen LogP contribution in [0.4, 0.5) is 5.69 Å². The second-order valence-electron chi connectivity index (χ2n) is 8.59. The summed E-state index contributed by atoms with van der Waals surface area (Å²) >= 11 is 0. The monoisotopic (exact) mass is 432 g/mol. The van der Waals surface area contributed by atoms with E-state index < -0.39 is 6.10 Å². The number of aliphatic hydroxyl groups is 1. The quantitative estimate of drug-likeness (QED) is 0.608. The van der Waals surface area contributed by atoms with Gasteiger partial charge >= 0.3 is 0 Å². The first kappa shape index (κ1) is 22.0. The highest BCUT2D eigenvalue weighted by Crippen LogP contribution is 2.47. The van der Waals surface area contributed by atoms with Gasteiger partial charge in [-0.15, -0.1) is 0 Å². The normalized spacial score (nSPS) is 27.7. The van der Waals surface area contributed by atoms with Crippen molar-refractivity contribution in [2.75, 3.05) is 31.7 Å². The van der Waals surface area contributed by atoms with Crippen molar-refractivity contribution < 1.29 is 28.9 Å². The van der Waals surface area contributed by atoms with Crippen LogP contribution in [0.2, 0.25) is 0 Å². The zero-order valence-electron chi connectivity index (χ0n) is 18.0. The number of anilines is 1. The smallest absolute Gasteiger partial charge is 0.227 e. The van der Waals surface area contributed by atoms with Gasteiger partial charge in [0.05, 0.1) is 19.1 Å². The summed E-state index contributed by atoms with van der Waals surface area (Å²) < 4.78 is 17.4. The molecule has 0 aliphatic carbocycles. The molecule has 2 amide bonds. The van der Waals surface area contributed by atoms with Crippen molar-refractivity contribution in [2.45, 2.75) is 63.3 Å². The number of hydrogen-bond donors (Lipinski definition) is 3. The third kappa shape index (κ3) is 5.02. The molecule has 0 radical (unpaired) electrons. The molecular formula is C23H32N2O6. The number of carbonyl (C=O) groups excluding carboxylic acids is 2. The zero-order valence-corrected chi connectivity index (χ0v) is 18.0.